The monoisotopic (exact) mass is 312 g/mol. The van der Waals surface area contributed by atoms with Gasteiger partial charge >= 0.3 is 0 Å². The number of carbonyl (C=O) groups is 1. The summed E-state index contributed by atoms with van der Waals surface area (Å²) in [5.41, 5.74) is 1.46. The van der Waals surface area contributed by atoms with E-state index >= 15 is 0 Å². The average molecular weight is 312 g/mol. The Labute approximate surface area is 135 Å². The molecule has 0 radical (unpaired) electrons. The minimum absolute atomic E-state index is 0.0295. The number of likely N-dealkylation sites (tertiary alicyclic amines) is 1. The van der Waals surface area contributed by atoms with Crippen molar-refractivity contribution < 1.29 is 9.53 Å². The molecule has 6 nitrogen and oxygen atoms in total. The van der Waals surface area contributed by atoms with Gasteiger partial charge in [-0.1, -0.05) is 23.4 Å². The highest BCUT2D eigenvalue weighted by Gasteiger charge is 2.40. The zero-order chi connectivity index (χ0) is 15.7. The number of amides is 1. The summed E-state index contributed by atoms with van der Waals surface area (Å²) in [7, 11) is 0. The zero-order valence-electron chi connectivity index (χ0n) is 13.0. The lowest BCUT2D eigenvalue weighted by atomic mass is 9.79. The molecule has 0 aliphatic carbocycles. The number of para-hydroxylation sites is 1. The molecule has 4 rings (SSSR count). The number of rotatable bonds is 2. The van der Waals surface area contributed by atoms with Gasteiger partial charge in [0.1, 0.15) is 0 Å². The molecule has 1 spiro atoms. The van der Waals surface area contributed by atoms with Crippen LogP contribution in [0.5, 0.6) is 0 Å². The summed E-state index contributed by atoms with van der Waals surface area (Å²) >= 11 is 0. The minimum Gasteiger partial charge on any atom is -0.381 e. The predicted molar refractivity (Wildman–Crippen MR) is 84.4 cm³/mol. The first kappa shape index (κ1) is 14.4. The average Bonchev–Trinajstić information content (AvgIpc) is 3.25. The van der Waals surface area contributed by atoms with Crippen molar-refractivity contribution in [2.45, 2.75) is 19.3 Å². The molecule has 2 saturated heterocycles. The normalized spacial score (nSPS) is 24.3. The Balaban J connectivity index is 1.52. The van der Waals surface area contributed by atoms with E-state index in [2.05, 4.69) is 10.3 Å². The van der Waals surface area contributed by atoms with Gasteiger partial charge in [-0.2, -0.15) is 0 Å². The predicted octanol–water partition coefficient (Wildman–Crippen LogP) is 1.91. The van der Waals surface area contributed by atoms with E-state index in [1.165, 1.54) is 0 Å². The molecular formula is C17H20N4O2. The Hall–Kier alpha value is -2.21. The second-order valence-corrected chi connectivity index (χ2v) is 6.52. The number of benzene rings is 1. The van der Waals surface area contributed by atoms with Crippen molar-refractivity contribution in [1.29, 1.82) is 0 Å². The Morgan fingerprint density at radius 3 is 2.87 bits per heavy atom. The number of hydrogen-bond donors (Lipinski definition) is 0. The van der Waals surface area contributed by atoms with Crippen LogP contribution in [0.2, 0.25) is 0 Å². The largest absolute Gasteiger partial charge is 0.381 e. The third-order valence-corrected chi connectivity index (χ3v) is 4.87. The van der Waals surface area contributed by atoms with E-state index in [0.29, 0.717) is 5.69 Å². The molecule has 2 fully saturated rings. The van der Waals surface area contributed by atoms with Crippen LogP contribution in [0, 0.1) is 5.41 Å². The maximum atomic E-state index is 12.8. The summed E-state index contributed by atoms with van der Waals surface area (Å²) in [6.07, 6.45) is 4.94. The first-order valence-electron chi connectivity index (χ1n) is 8.11. The van der Waals surface area contributed by atoms with Crippen LogP contribution in [0.25, 0.3) is 5.69 Å². The molecule has 6 heteroatoms. The Bertz CT molecular complexity index is 692. The van der Waals surface area contributed by atoms with Crippen LogP contribution in [0.3, 0.4) is 0 Å². The molecular weight excluding hydrogens is 292 g/mol. The number of carbonyl (C=O) groups excluding carboxylic acids is 1. The van der Waals surface area contributed by atoms with Gasteiger partial charge in [0, 0.05) is 25.1 Å². The summed E-state index contributed by atoms with van der Waals surface area (Å²) in [6.45, 7) is 3.14. The SMILES string of the molecule is O=C(c1cn(-c2ccccc2)nn1)N1CCCC2(CCOC2)C1. The molecule has 2 aromatic rings. The van der Waals surface area contributed by atoms with Crippen LogP contribution in [0.15, 0.2) is 36.5 Å². The third kappa shape index (κ3) is 2.74. The van der Waals surface area contributed by atoms with Crippen LogP contribution < -0.4 is 0 Å². The van der Waals surface area contributed by atoms with E-state index in [-0.39, 0.29) is 11.3 Å². The first-order chi connectivity index (χ1) is 11.3. The van der Waals surface area contributed by atoms with Crippen molar-refractivity contribution in [2.24, 2.45) is 5.41 Å². The number of nitrogens with zero attached hydrogens (tertiary/aromatic N) is 4. The number of aromatic nitrogens is 3. The summed E-state index contributed by atoms with van der Waals surface area (Å²) in [5, 5.41) is 8.16. The highest BCUT2D eigenvalue weighted by atomic mass is 16.5. The molecule has 23 heavy (non-hydrogen) atoms. The highest BCUT2D eigenvalue weighted by Crippen LogP contribution is 2.37. The lowest BCUT2D eigenvalue weighted by Crippen LogP contribution is -2.46. The van der Waals surface area contributed by atoms with Crippen molar-refractivity contribution in [2.75, 3.05) is 26.3 Å². The molecule has 2 aliphatic heterocycles. The van der Waals surface area contributed by atoms with E-state index in [0.717, 1.165) is 51.3 Å². The van der Waals surface area contributed by atoms with Gasteiger partial charge in [0.25, 0.3) is 5.91 Å². The molecule has 1 aromatic heterocycles. The Morgan fingerprint density at radius 1 is 1.22 bits per heavy atom. The standard InChI is InChI=1S/C17H20N4O2/c22-16(20-9-4-7-17(12-20)8-10-23-13-17)15-11-21(19-18-15)14-5-2-1-3-6-14/h1-3,5-6,11H,4,7-10,12-13H2. The number of hydrogen-bond acceptors (Lipinski definition) is 4. The summed E-state index contributed by atoms with van der Waals surface area (Å²) in [6, 6.07) is 9.70. The van der Waals surface area contributed by atoms with Gasteiger partial charge in [-0.25, -0.2) is 4.68 Å². The molecule has 0 bridgehead atoms. The smallest absolute Gasteiger partial charge is 0.276 e. The van der Waals surface area contributed by atoms with E-state index in [4.69, 9.17) is 4.74 Å². The molecule has 3 heterocycles. The maximum Gasteiger partial charge on any atom is 0.276 e. The van der Waals surface area contributed by atoms with Crippen molar-refractivity contribution in [1.82, 2.24) is 19.9 Å². The van der Waals surface area contributed by atoms with E-state index in [1.54, 1.807) is 10.9 Å². The molecule has 1 amide bonds. The Kier molecular flexibility index (Phi) is 3.61. The summed E-state index contributed by atoms with van der Waals surface area (Å²) in [4.78, 5) is 14.7. The maximum absolute atomic E-state index is 12.8. The van der Waals surface area contributed by atoms with Crippen molar-refractivity contribution in [3.05, 3.63) is 42.2 Å². The second kappa shape index (κ2) is 5.77. The lowest BCUT2D eigenvalue weighted by molar-refractivity contribution is 0.0457. The fourth-order valence-electron chi connectivity index (χ4n) is 3.58. The second-order valence-electron chi connectivity index (χ2n) is 6.52. The fourth-order valence-corrected chi connectivity index (χ4v) is 3.58. The minimum atomic E-state index is -0.0295. The molecule has 0 N–H and O–H groups in total. The highest BCUT2D eigenvalue weighted by molar-refractivity contribution is 5.92. The number of ether oxygens (including phenoxy) is 1. The van der Waals surface area contributed by atoms with Crippen LogP contribution in [-0.2, 0) is 4.74 Å². The van der Waals surface area contributed by atoms with E-state index < -0.39 is 0 Å². The fraction of sp³-hybridized carbons (Fsp3) is 0.471. The van der Waals surface area contributed by atoms with E-state index in [9.17, 15) is 4.79 Å². The van der Waals surface area contributed by atoms with Gasteiger partial charge in [-0.05, 0) is 31.4 Å². The molecule has 0 saturated carbocycles. The van der Waals surface area contributed by atoms with Crippen LogP contribution in [-0.4, -0.2) is 52.1 Å². The summed E-state index contributed by atoms with van der Waals surface area (Å²) in [5.74, 6) is -0.0295. The zero-order valence-corrected chi connectivity index (χ0v) is 13.0. The third-order valence-electron chi connectivity index (χ3n) is 4.87. The lowest BCUT2D eigenvalue weighted by Gasteiger charge is -2.39. The van der Waals surface area contributed by atoms with Gasteiger partial charge in [-0.15, -0.1) is 5.10 Å². The quantitative estimate of drug-likeness (QED) is 0.850. The van der Waals surface area contributed by atoms with Gasteiger partial charge < -0.3 is 9.64 Å². The summed E-state index contributed by atoms with van der Waals surface area (Å²) < 4.78 is 7.21. The van der Waals surface area contributed by atoms with Crippen molar-refractivity contribution in [3.8, 4) is 5.69 Å². The molecule has 1 unspecified atom stereocenters. The van der Waals surface area contributed by atoms with Gasteiger partial charge in [0.2, 0.25) is 0 Å². The van der Waals surface area contributed by atoms with Crippen LogP contribution in [0.4, 0.5) is 0 Å². The number of piperidine rings is 1. The first-order valence-corrected chi connectivity index (χ1v) is 8.11. The molecule has 1 atom stereocenters. The van der Waals surface area contributed by atoms with Gasteiger partial charge in [0.15, 0.2) is 5.69 Å². The van der Waals surface area contributed by atoms with Gasteiger partial charge in [-0.3, -0.25) is 4.79 Å². The molecule has 2 aliphatic rings. The molecule has 120 valence electrons. The van der Waals surface area contributed by atoms with Crippen molar-refractivity contribution in [3.63, 3.8) is 0 Å². The molecule has 1 aromatic carbocycles. The van der Waals surface area contributed by atoms with Crippen LogP contribution >= 0.6 is 0 Å². The van der Waals surface area contributed by atoms with Crippen molar-refractivity contribution >= 4 is 5.91 Å². The van der Waals surface area contributed by atoms with E-state index in [1.807, 2.05) is 35.2 Å². The van der Waals surface area contributed by atoms with Crippen LogP contribution in [0.1, 0.15) is 29.8 Å². The topological polar surface area (TPSA) is 60.2 Å². The van der Waals surface area contributed by atoms with Gasteiger partial charge in [0.05, 0.1) is 18.5 Å². The Morgan fingerprint density at radius 2 is 2.09 bits per heavy atom.